The van der Waals surface area contributed by atoms with Crippen LogP contribution in [0.15, 0.2) is 66.0 Å². The van der Waals surface area contributed by atoms with Crippen LogP contribution in [0.2, 0.25) is 0 Å². The summed E-state index contributed by atoms with van der Waals surface area (Å²) >= 11 is 1.25. The van der Waals surface area contributed by atoms with Crippen LogP contribution in [0, 0.1) is 6.92 Å². The van der Waals surface area contributed by atoms with Crippen LogP contribution in [0.3, 0.4) is 0 Å². The standard InChI is InChI=1S/C22H20N2O4S/c1-14-8-10-16(11-9-14)18-12-13-29-19(18)22(27)28-15(2)20(25)23-24-21(26)17-6-4-3-5-7-17/h3-13,15H,1-2H3,(H,23,25)(H,24,26)/t15-/m0/s1. The highest BCUT2D eigenvalue weighted by Crippen LogP contribution is 2.29. The number of hydrazine groups is 1. The third kappa shape index (κ3) is 5.08. The Hall–Kier alpha value is -3.45. The molecule has 6 nitrogen and oxygen atoms in total. The highest BCUT2D eigenvalue weighted by molar-refractivity contribution is 7.12. The van der Waals surface area contributed by atoms with E-state index in [4.69, 9.17) is 4.74 Å². The number of hydrogen-bond donors (Lipinski definition) is 2. The van der Waals surface area contributed by atoms with Gasteiger partial charge in [-0.1, -0.05) is 48.0 Å². The topological polar surface area (TPSA) is 84.5 Å². The number of thiophene rings is 1. The zero-order valence-corrected chi connectivity index (χ0v) is 16.8. The van der Waals surface area contributed by atoms with E-state index >= 15 is 0 Å². The molecule has 0 aliphatic heterocycles. The minimum absolute atomic E-state index is 0.402. The third-order valence-electron chi connectivity index (χ3n) is 4.20. The van der Waals surface area contributed by atoms with Crippen molar-refractivity contribution >= 4 is 29.1 Å². The molecule has 1 heterocycles. The molecule has 2 amide bonds. The maximum absolute atomic E-state index is 12.6. The largest absolute Gasteiger partial charge is 0.448 e. The molecule has 0 spiro atoms. The summed E-state index contributed by atoms with van der Waals surface area (Å²) < 4.78 is 5.29. The molecule has 0 aliphatic carbocycles. The quantitative estimate of drug-likeness (QED) is 0.498. The van der Waals surface area contributed by atoms with Crippen LogP contribution in [-0.4, -0.2) is 23.9 Å². The van der Waals surface area contributed by atoms with Crippen molar-refractivity contribution in [3.63, 3.8) is 0 Å². The molecular weight excluding hydrogens is 388 g/mol. The summed E-state index contributed by atoms with van der Waals surface area (Å²) in [6, 6.07) is 18.1. The third-order valence-corrected chi connectivity index (χ3v) is 5.10. The molecule has 148 valence electrons. The molecular formula is C22H20N2O4S. The van der Waals surface area contributed by atoms with Crippen LogP contribution in [0.5, 0.6) is 0 Å². The average molecular weight is 408 g/mol. The van der Waals surface area contributed by atoms with Gasteiger partial charge in [-0.05, 0) is 43.0 Å². The first-order valence-electron chi connectivity index (χ1n) is 8.96. The fourth-order valence-corrected chi connectivity index (χ4v) is 3.37. The van der Waals surface area contributed by atoms with Gasteiger partial charge in [0.1, 0.15) is 4.88 Å². The molecule has 7 heteroatoms. The first-order valence-corrected chi connectivity index (χ1v) is 9.84. The molecule has 0 aliphatic rings. The van der Waals surface area contributed by atoms with E-state index in [0.29, 0.717) is 10.4 Å². The number of amides is 2. The van der Waals surface area contributed by atoms with Gasteiger partial charge in [0.05, 0.1) is 0 Å². The lowest BCUT2D eigenvalue weighted by Gasteiger charge is -2.14. The second-order valence-electron chi connectivity index (χ2n) is 6.39. The van der Waals surface area contributed by atoms with Gasteiger partial charge in [-0.3, -0.25) is 20.4 Å². The number of hydrogen-bond acceptors (Lipinski definition) is 5. The van der Waals surface area contributed by atoms with Gasteiger partial charge in [-0.2, -0.15) is 0 Å². The Morgan fingerprint density at radius 2 is 1.62 bits per heavy atom. The minimum Gasteiger partial charge on any atom is -0.448 e. The lowest BCUT2D eigenvalue weighted by Crippen LogP contribution is -2.46. The minimum atomic E-state index is -1.08. The van der Waals surface area contributed by atoms with Crippen molar-refractivity contribution in [2.45, 2.75) is 20.0 Å². The molecule has 0 fully saturated rings. The number of carbonyl (C=O) groups is 3. The van der Waals surface area contributed by atoms with E-state index in [2.05, 4.69) is 10.9 Å². The van der Waals surface area contributed by atoms with Crippen LogP contribution in [0.25, 0.3) is 11.1 Å². The number of nitrogens with one attached hydrogen (secondary N) is 2. The molecule has 2 aromatic carbocycles. The summed E-state index contributed by atoms with van der Waals surface area (Å²) in [7, 11) is 0. The van der Waals surface area contributed by atoms with Gasteiger partial charge in [0.2, 0.25) is 0 Å². The van der Waals surface area contributed by atoms with Crippen LogP contribution in [0.1, 0.15) is 32.5 Å². The lowest BCUT2D eigenvalue weighted by atomic mass is 10.1. The highest BCUT2D eigenvalue weighted by Gasteiger charge is 2.22. The van der Waals surface area contributed by atoms with Crippen LogP contribution >= 0.6 is 11.3 Å². The highest BCUT2D eigenvalue weighted by atomic mass is 32.1. The van der Waals surface area contributed by atoms with Gasteiger partial charge in [-0.15, -0.1) is 11.3 Å². The number of ether oxygens (including phenoxy) is 1. The Morgan fingerprint density at radius 3 is 2.31 bits per heavy atom. The maximum atomic E-state index is 12.6. The second-order valence-corrected chi connectivity index (χ2v) is 7.30. The van der Waals surface area contributed by atoms with E-state index in [1.807, 2.05) is 37.3 Å². The lowest BCUT2D eigenvalue weighted by molar-refractivity contribution is -0.129. The summed E-state index contributed by atoms with van der Waals surface area (Å²) in [4.78, 5) is 37.1. The Kier molecular flexibility index (Phi) is 6.41. The zero-order chi connectivity index (χ0) is 20.8. The molecule has 2 N–H and O–H groups in total. The SMILES string of the molecule is Cc1ccc(-c2ccsc2C(=O)O[C@@H](C)C(=O)NNC(=O)c2ccccc2)cc1. The van der Waals surface area contributed by atoms with Gasteiger partial charge >= 0.3 is 5.97 Å². The molecule has 0 saturated carbocycles. The zero-order valence-electron chi connectivity index (χ0n) is 16.0. The van der Waals surface area contributed by atoms with Gasteiger partial charge in [0.25, 0.3) is 11.8 Å². The summed E-state index contributed by atoms with van der Waals surface area (Å²) in [6.45, 7) is 3.44. The Labute approximate surface area is 172 Å². The first-order chi connectivity index (χ1) is 14.0. The fraction of sp³-hybridized carbons (Fsp3) is 0.136. The molecule has 0 radical (unpaired) electrons. The van der Waals surface area contributed by atoms with Crippen LogP contribution in [-0.2, 0) is 9.53 Å². The Bertz CT molecular complexity index is 1010. The van der Waals surface area contributed by atoms with Gasteiger partial charge in [0, 0.05) is 11.1 Å². The average Bonchev–Trinajstić information content (AvgIpc) is 3.23. The number of benzene rings is 2. The molecule has 1 atom stereocenters. The number of rotatable bonds is 5. The summed E-state index contributed by atoms with van der Waals surface area (Å²) in [5.74, 6) is -1.68. The predicted octanol–water partition coefficient (Wildman–Crippen LogP) is 3.73. The van der Waals surface area contributed by atoms with E-state index in [9.17, 15) is 14.4 Å². The molecule has 3 rings (SSSR count). The first kappa shape index (κ1) is 20.3. The molecule has 1 aromatic heterocycles. The predicted molar refractivity (Wildman–Crippen MR) is 111 cm³/mol. The molecule has 0 bridgehead atoms. The normalized spacial score (nSPS) is 11.4. The van der Waals surface area contributed by atoms with E-state index in [1.165, 1.54) is 18.3 Å². The van der Waals surface area contributed by atoms with E-state index in [-0.39, 0.29) is 0 Å². The second kappa shape index (κ2) is 9.16. The van der Waals surface area contributed by atoms with Crippen molar-refractivity contribution in [2.24, 2.45) is 0 Å². The summed E-state index contributed by atoms with van der Waals surface area (Å²) in [6.07, 6.45) is -1.08. The van der Waals surface area contributed by atoms with Gasteiger partial charge in [-0.25, -0.2) is 4.79 Å². The summed E-state index contributed by atoms with van der Waals surface area (Å²) in [5, 5.41) is 1.80. The Morgan fingerprint density at radius 1 is 0.931 bits per heavy atom. The number of aryl methyl sites for hydroxylation is 1. The number of esters is 1. The monoisotopic (exact) mass is 408 g/mol. The van der Waals surface area contributed by atoms with Gasteiger partial charge in [0.15, 0.2) is 6.10 Å². The maximum Gasteiger partial charge on any atom is 0.349 e. The number of carbonyl (C=O) groups excluding carboxylic acids is 3. The van der Waals surface area contributed by atoms with Crippen molar-refractivity contribution in [1.29, 1.82) is 0 Å². The van der Waals surface area contributed by atoms with E-state index < -0.39 is 23.9 Å². The molecule has 0 unspecified atom stereocenters. The van der Waals surface area contributed by atoms with Crippen molar-refractivity contribution < 1.29 is 19.1 Å². The van der Waals surface area contributed by atoms with Crippen molar-refractivity contribution in [1.82, 2.24) is 10.9 Å². The Balaban J connectivity index is 1.59. The summed E-state index contributed by atoms with van der Waals surface area (Å²) in [5.41, 5.74) is 7.75. The van der Waals surface area contributed by atoms with Crippen LogP contribution < -0.4 is 10.9 Å². The molecule has 3 aromatic rings. The van der Waals surface area contributed by atoms with E-state index in [1.54, 1.807) is 35.7 Å². The van der Waals surface area contributed by atoms with Gasteiger partial charge < -0.3 is 4.74 Å². The van der Waals surface area contributed by atoms with Crippen molar-refractivity contribution in [2.75, 3.05) is 0 Å². The van der Waals surface area contributed by atoms with E-state index in [0.717, 1.165) is 16.7 Å². The molecule has 0 saturated heterocycles. The smallest absolute Gasteiger partial charge is 0.349 e. The fourth-order valence-electron chi connectivity index (χ4n) is 2.58. The van der Waals surface area contributed by atoms with Crippen molar-refractivity contribution in [3.05, 3.63) is 82.0 Å². The van der Waals surface area contributed by atoms with Crippen molar-refractivity contribution in [3.8, 4) is 11.1 Å². The van der Waals surface area contributed by atoms with Crippen LogP contribution in [0.4, 0.5) is 0 Å². The molecule has 29 heavy (non-hydrogen) atoms.